The molecule has 34 heavy (non-hydrogen) atoms. The van der Waals surface area contributed by atoms with E-state index in [2.05, 4.69) is 4.98 Å². The lowest BCUT2D eigenvalue weighted by molar-refractivity contribution is -0.148. The van der Waals surface area contributed by atoms with Gasteiger partial charge in [-0.2, -0.15) is 0 Å². The summed E-state index contributed by atoms with van der Waals surface area (Å²) in [5.74, 6) is -1.03. The molecule has 4 aromatic rings. The first-order valence-corrected chi connectivity index (χ1v) is 11.7. The van der Waals surface area contributed by atoms with Crippen LogP contribution >= 0.6 is 11.3 Å². The van der Waals surface area contributed by atoms with E-state index in [9.17, 15) is 14.4 Å². The van der Waals surface area contributed by atoms with Crippen LogP contribution < -0.4 is 5.56 Å². The molecule has 0 amide bonds. The Morgan fingerprint density at radius 2 is 1.65 bits per heavy atom. The first-order valence-electron chi connectivity index (χ1n) is 10.9. The first-order chi connectivity index (χ1) is 16.5. The van der Waals surface area contributed by atoms with Crippen molar-refractivity contribution in [3.63, 3.8) is 0 Å². The number of aryl methyl sites for hydroxylation is 1. The summed E-state index contributed by atoms with van der Waals surface area (Å²) in [4.78, 5) is 43.5. The van der Waals surface area contributed by atoms with Gasteiger partial charge >= 0.3 is 11.9 Å². The molecule has 8 heteroatoms. The van der Waals surface area contributed by atoms with E-state index in [1.54, 1.807) is 13.8 Å². The maximum absolute atomic E-state index is 13.2. The lowest BCUT2D eigenvalue weighted by Crippen LogP contribution is -2.29. The van der Waals surface area contributed by atoms with Crippen LogP contribution in [0.25, 0.3) is 10.2 Å². The predicted molar refractivity (Wildman–Crippen MR) is 130 cm³/mol. The molecule has 0 aliphatic heterocycles. The van der Waals surface area contributed by atoms with Gasteiger partial charge in [-0.1, -0.05) is 60.7 Å². The van der Waals surface area contributed by atoms with Crippen LogP contribution in [0, 0.1) is 6.92 Å². The molecule has 7 nitrogen and oxygen atoms in total. The van der Waals surface area contributed by atoms with Gasteiger partial charge < -0.3 is 9.47 Å². The van der Waals surface area contributed by atoms with E-state index in [0.29, 0.717) is 27.1 Å². The number of hydrogen-bond acceptors (Lipinski definition) is 7. The Morgan fingerprint density at radius 3 is 2.32 bits per heavy atom. The largest absolute Gasteiger partial charge is 0.461 e. The third kappa shape index (κ3) is 5.07. The minimum Gasteiger partial charge on any atom is -0.461 e. The van der Waals surface area contributed by atoms with Gasteiger partial charge in [-0.3, -0.25) is 9.36 Å². The summed E-state index contributed by atoms with van der Waals surface area (Å²) in [6.07, 6.45) is 1.92. The van der Waals surface area contributed by atoms with Crippen LogP contribution in [-0.2, 0) is 27.3 Å². The number of fused-ring (bicyclic) bond motifs is 1. The number of aromatic nitrogens is 2. The normalized spacial score (nSPS) is 11.8. The second-order valence-corrected chi connectivity index (χ2v) is 8.83. The summed E-state index contributed by atoms with van der Waals surface area (Å²) in [5.41, 5.74) is 2.03. The molecule has 2 aromatic heterocycles. The zero-order valence-electron chi connectivity index (χ0n) is 18.9. The molecule has 0 bridgehead atoms. The van der Waals surface area contributed by atoms with Crippen molar-refractivity contribution in [2.24, 2.45) is 0 Å². The number of nitrogens with zero attached hydrogens (tertiary/aromatic N) is 2. The van der Waals surface area contributed by atoms with Crippen LogP contribution in [0.2, 0.25) is 0 Å². The van der Waals surface area contributed by atoms with E-state index >= 15 is 0 Å². The molecule has 1 atom stereocenters. The summed E-state index contributed by atoms with van der Waals surface area (Å²) in [6.45, 7) is 3.63. The zero-order valence-corrected chi connectivity index (χ0v) is 19.7. The van der Waals surface area contributed by atoms with Gasteiger partial charge in [-0.25, -0.2) is 14.6 Å². The smallest absolute Gasteiger partial charge is 0.348 e. The van der Waals surface area contributed by atoms with Gasteiger partial charge in [0.25, 0.3) is 5.56 Å². The fraction of sp³-hybridized carbons (Fsp3) is 0.231. The third-order valence-electron chi connectivity index (χ3n) is 5.51. The molecule has 1 unspecified atom stereocenters. The molecule has 0 aliphatic carbocycles. The van der Waals surface area contributed by atoms with E-state index in [1.807, 2.05) is 60.7 Å². The van der Waals surface area contributed by atoms with Crippen molar-refractivity contribution in [1.82, 2.24) is 9.55 Å². The summed E-state index contributed by atoms with van der Waals surface area (Å²) >= 11 is 1.11. The summed E-state index contributed by atoms with van der Waals surface area (Å²) < 4.78 is 12.0. The van der Waals surface area contributed by atoms with Crippen LogP contribution in [0.5, 0.6) is 0 Å². The number of hydrogen-bond donors (Lipinski definition) is 0. The quantitative estimate of drug-likeness (QED) is 0.349. The highest BCUT2D eigenvalue weighted by atomic mass is 32.1. The van der Waals surface area contributed by atoms with Crippen molar-refractivity contribution in [3.05, 3.63) is 98.9 Å². The molecule has 0 radical (unpaired) electrons. The lowest BCUT2D eigenvalue weighted by atomic mass is 10.2. The van der Waals surface area contributed by atoms with Crippen LogP contribution in [0.1, 0.15) is 39.3 Å². The molecular formula is C26H24N2O5S. The Bertz CT molecular complexity index is 1360. The standard InChI is InChI=1S/C26H24N2O5S/c1-17-21-23(34-22(17)26(31)32-14-13-19-9-5-3-6-10-19)27-16-28(24(21)29)18(2)25(30)33-15-20-11-7-4-8-12-20/h3-12,16,18H,13-15H2,1-2H3. The molecular weight excluding hydrogens is 452 g/mol. The number of ether oxygens (including phenoxy) is 2. The van der Waals surface area contributed by atoms with Crippen molar-refractivity contribution in [2.75, 3.05) is 6.61 Å². The van der Waals surface area contributed by atoms with E-state index in [0.717, 1.165) is 22.5 Å². The van der Waals surface area contributed by atoms with Gasteiger partial charge in [-0.05, 0) is 30.5 Å². The first kappa shape index (κ1) is 23.4. The van der Waals surface area contributed by atoms with Gasteiger partial charge in [0.05, 0.1) is 18.3 Å². The minimum absolute atomic E-state index is 0.116. The number of rotatable bonds is 8. The van der Waals surface area contributed by atoms with Crippen molar-refractivity contribution >= 4 is 33.5 Å². The Kier molecular flexibility index (Phi) is 7.18. The van der Waals surface area contributed by atoms with Gasteiger partial charge in [-0.15, -0.1) is 11.3 Å². The maximum atomic E-state index is 13.2. The van der Waals surface area contributed by atoms with E-state index in [-0.39, 0.29) is 13.2 Å². The number of thiophene rings is 1. The molecule has 0 spiro atoms. The van der Waals surface area contributed by atoms with Crippen LogP contribution in [0.4, 0.5) is 0 Å². The predicted octanol–water partition coefficient (Wildman–Crippen LogP) is 4.47. The maximum Gasteiger partial charge on any atom is 0.348 e. The summed E-state index contributed by atoms with van der Waals surface area (Å²) in [5, 5.41) is 0.310. The highest BCUT2D eigenvalue weighted by Crippen LogP contribution is 2.28. The Hall–Kier alpha value is -3.78. The zero-order chi connectivity index (χ0) is 24.1. The van der Waals surface area contributed by atoms with E-state index in [1.165, 1.54) is 10.9 Å². The van der Waals surface area contributed by atoms with Crippen molar-refractivity contribution in [2.45, 2.75) is 32.9 Å². The number of carbonyl (C=O) groups excluding carboxylic acids is 2. The Balaban J connectivity index is 1.48. The topological polar surface area (TPSA) is 87.5 Å². The van der Waals surface area contributed by atoms with Crippen LogP contribution in [-0.4, -0.2) is 28.1 Å². The molecule has 0 saturated heterocycles. The third-order valence-corrected chi connectivity index (χ3v) is 6.69. The molecule has 4 rings (SSSR count). The number of benzene rings is 2. The van der Waals surface area contributed by atoms with Gasteiger partial charge in [0.1, 0.15) is 22.4 Å². The van der Waals surface area contributed by atoms with Crippen molar-refractivity contribution < 1.29 is 19.1 Å². The second-order valence-electron chi connectivity index (χ2n) is 7.83. The van der Waals surface area contributed by atoms with Crippen molar-refractivity contribution in [1.29, 1.82) is 0 Å². The minimum atomic E-state index is -0.867. The van der Waals surface area contributed by atoms with Gasteiger partial charge in [0.15, 0.2) is 0 Å². The molecule has 174 valence electrons. The average molecular weight is 477 g/mol. The Morgan fingerprint density at radius 1 is 1.00 bits per heavy atom. The summed E-state index contributed by atoms with van der Waals surface area (Å²) in [6, 6.07) is 18.2. The SMILES string of the molecule is Cc1c(C(=O)OCCc2ccccc2)sc2ncn(C(C)C(=O)OCc3ccccc3)c(=O)c12. The van der Waals surface area contributed by atoms with Gasteiger partial charge in [0, 0.05) is 6.42 Å². The molecule has 0 aliphatic rings. The molecule has 0 fully saturated rings. The summed E-state index contributed by atoms with van der Waals surface area (Å²) in [7, 11) is 0. The van der Waals surface area contributed by atoms with Crippen LogP contribution in [0.3, 0.4) is 0 Å². The Labute approximate surface area is 200 Å². The molecule has 0 saturated carbocycles. The molecule has 0 N–H and O–H groups in total. The molecule has 2 aromatic carbocycles. The van der Waals surface area contributed by atoms with Gasteiger partial charge in [0.2, 0.25) is 0 Å². The lowest BCUT2D eigenvalue weighted by Gasteiger charge is -2.14. The fourth-order valence-corrected chi connectivity index (χ4v) is 4.58. The number of carbonyl (C=O) groups is 2. The highest BCUT2D eigenvalue weighted by molar-refractivity contribution is 7.20. The van der Waals surface area contributed by atoms with E-state index in [4.69, 9.17) is 9.47 Å². The second kappa shape index (κ2) is 10.4. The van der Waals surface area contributed by atoms with Crippen LogP contribution in [0.15, 0.2) is 71.8 Å². The highest BCUT2D eigenvalue weighted by Gasteiger charge is 2.24. The molecule has 2 heterocycles. The van der Waals surface area contributed by atoms with Crippen molar-refractivity contribution in [3.8, 4) is 0 Å². The number of esters is 2. The fourth-order valence-electron chi connectivity index (χ4n) is 3.54. The monoisotopic (exact) mass is 476 g/mol. The van der Waals surface area contributed by atoms with E-state index < -0.39 is 23.5 Å². The average Bonchev–Trinajstić information content (AvgIpc) is 3.20.